The van der Waals surface area contributed by atoms with E-state index in [9.17, 15) is 29.1 Å². The fraction of sp³-hybridized carbons (Fsp3) is 0.480. The Morgan fingerprint density at radius 1 is 1.11 bits per heavy atom. The van der Waals surface area contributed by atoms with Crippen LogP contribution in [0.4, 0.5) is 0 Å². The number of carbonyl (C=O) groups excluding carboxylic acids is 4. The van der Waals surface area contributed by atoms with E-state index in [0.717, 1.165) is 9.80 Å². The maximum atomic E-state index is 13.7. The summed E-state index contributed by atoms with van der Waals surface area (Å²) in [6.45, 7) is 1.43. The normalized spacial score (nSPS) is 34.9. The second-order valence-corrected chi connectivity index (χ2v) is 11.7. The Morgan fingerprint density at radius 2 is 1.81 bits per heavy atom. The highest BCUT2D eigenvalue weighted by atomic mass is 79.9. The number of likely N-dealkylation sites (tertiary alicyclic amines) is 2. The number of imide groups is 2. The zero-order chi connectivity index (χ0) is 27.0. The number of aliphatic carboxylic acids is 1. The SMILES string of the molecule is Cc1cccc([C@H]2C3=CC[C@@H]4C(=O)N(CCC(=O)O)C(=O)[C@@H]4[C@@H]3C[C@@]3(Cl)C(=O)N(CBr)C(=O)[C@@]23Cl)c1O. The smallest absolute Gasteiger partial charge is 0.305 e. The number of halogens is 3. The molecule has 4 aliphatic rings. The van der Waals surface area contributed by atoms with Crippen LogP contribution in [0.25, 0.3) is 0 Å². The molecule has 5 rings (SSSR count). The molecule has 2 aliphatic heterocycles. The van der Waals surface area contributed by atoms with Gasteiger partial charge in [0.25, 0.3) is 11.8 Å². The molecule has 0 radical (unpaired) electrons. The molecule has 196 valence electrons. The number of phenolic OH excluding ortho intramolecular Hbond substituents is 1. The van der Waals surface area contributed by atoms with E-state index in [0.29, 0.717) is 16.7 Å². The van der Waals surface area contributed by atoms with Crippen molar-refractivity contribution in [3.63, 3.8) is 0 Å². The van der Waals surface area contributed by atoms with Gasteiger partial charge < -0.3 is 10.2 Å². The molecule has 1 saturated carbocycles. The molecule has 12 heteroatoms. The van der Waals surface area contributed by atoms with Gasteiger partial charge in [-0.15, -0.1) is 23.2 Å². The molecule has 37 heavy (non-hydrogen) atoms. The first-order valence-corrected chi connectivity index (χ1v) is 13.6. The first-order valence-electron chi connectivity index (χ1n) is 11.8. The van der Waals surface area contributed by atoms with Gasteiger partial charge in [0.2, 0.25) is 11.8 Å². The third kappa shape index (κ3) is 3.37. The van der Waals surface area contributed by atoms with Gasteiger partial charge in [-0.25, -0.2) is 0 Å². The van der Waals surface area contributed by atoms with E-state index in [2.05, 4.69) is 15.9 Å². The molecule has 0 spiro atoms. The van der Waals surface area contributed by atoms with Gasteiger partial charge >= 0.3 is 5.97 Å². The standard InChI is InChI=1S/C25H23BrCl2N2O7/c1-11-3-2-4-14(19(11)33)18-12-5-6-13-17(21(35)29(20(13)34)8-7-16(31)32)15(12)9-24(27)22(36)30(10-26)23(37)25(18,24)28/h2-5,13,15,17-18,33H,6-10H2,1H3,(H,31,32)/t13-,15+,17-,18+,24+,25-/m0/s1. The molecular formula is C25H23BrCl2N2O7. The van der Waals surface area contributed by atoms with Gasteiger partial charge in [-0.3, -0.25) is 33.8 Å². The second-order valence-electron chi connectivity index (χ2n) is 9.97. The topological polar surface area (TPSA) is 132 Å². The van der Waals surface area contributed by atoms with Gasteiger partial charge in [0.05, 0.1) is 23.7 Å². The number of aromatic hydroxyl groups is 1. The molecule has 6 atom stereocenters. The van der Waals surface area contributed by atoms with E-state index in [1.807, 2.05) is 0 Å². The minimum atomic E-state index is -1.99. The summed E-state index contributed by atoms with van der Waals surface area (Å²) >= 11 is 17.4. The Balaban J connectivity index is 1.69. The predicted molar refractivity (Wildman–Crippen MR) is 135 cm³/mol. The first-order chi connectivity index (χ1) is 17.4. The third-order valence-electron chi connectivity index (χ3n) is 8.24. The lowest BCUT2D eigenvalue weighted by Crippen LogP contribution is -2.60. The molecule has 0 aromatic heterocycles. The highest BCUT2D eigenvalue weighted by Crippen LogP contribution is 2.66. The van der Waals surface area contributed by atoms with Crippen LogP contribution in [0.3, 0.4) is 0 Å². The maximum Gasteiger partial charge on any atom is 0.305 e. The van der Waals surface area contributed by atoms with E-state index < -0.39 is 63.0 Å². The summed E-state index contributed by atoms with van der Waals surface area (Å²) in [7, 11) is 0. The fourth-order valence-electron chi connectivity index (χ4n) is 6.51. The molecule has 2 heterocycles. The minimum absolute atomic E-state index is 0.107. The predicted octanol–water partition coefficient (Wildman–Crippen LogP) is 2.89. The number of nitrogens with zero attached hydrogens (tertiary/aromatic N) is 2. The van der Waals surface area contributed by atoms with Crippen LogP contribution in [0.1, 0.15) is 36.3 Å². The molecule has 2 saturated heterocycles. The number of phenols is 1. The number of rotatable bonds is 5. The minimum Gasteiger partial charge on any atom is -0.507 e. The number of aryl methyl sites for hydroxylation is 1. The van der Waals surface area contributed by atoms with Gasteiger partial charge in [0, 0.05) is 18.0 Å². The van der Waals surface area contributed by atoms with Gasteiger partial charge in [0.15, 0.2) is 9.75 Å². The Bertz CT molecular complexity index is 1300. The van der Waals surface area contributed by atoms with Crippen LogP contribution in [0.15, 0.2) is 29.8 Å². The molecule has 1 aromatic rings. The van der Waals surface area contributed by atoms with Crippen molar-refractivity contribution in [3.05, 3.63) is 41.0 Å². The van der Waals surface area contributed by atoms with Crippen molar-refractivity contribution >= 4 is 68.7 Å². The van der Waals surface area contributed by atoms with Crippen LogP contribution < -0.4 is 0 Å². The summed E-state index contributed by atoms with van der Waals surface area (Å²) in [5, 5.41) is 20.1. The number of alkyl halides is 3. The number of carbonyl (C=O) groups is 5. The molecule has 0 unspecified atom stereocenters. The van der Waals surface area contributed by atoms with E-state index in [1.54, 1.807) is 31.2 Å². The molecule has 2 aliphatic carbocycles. The number of hydrogen-bond donors (Lipinski definition) is 2. The van der Waals surface area contributed by atoms with Crippen LogP contribution in [0.5, 0.6) is 5.75 Å². The number of para-hydroxylation sites is 1. The van der Waals surface area contributed by atoms with Gasteiger partial charge in [-0.05, 0) is 31.2 Å². The number of carboxylic acid groups (broad SMARTS) is 1. The zero-order valence-corrected chi connectivity index (χ0v) is 22.7. The van der Waals surface area contributed by atoms with Crippen molar-refractivity contribution in [2.24, 2.45) is 17.8 Å². The number of hydrogen-bond acceptors (Lipinski definition) is 6. The number of fused-ring (bicyclic) bond motifs is 4. The summed E-state index contributed by atoms with van der Waals surface area (Å²) in [6.07, 6.45) is 1.37. The Morgan fingerprint density at radius 3 is 2.46 bits per heavy atom. The Hall–Kier alpha value is -2.43. The lowest BCUT2D eigenvalue weighted by Gasteiger charge is -2.50. The van der Waals surface area contributed by atoms with Crippen LogP contribution in [0, 0.1) is 24.7 Å². The number of allylic oxidation sites excluding steroid dienone is 2. The summed E-state index contributed by atoms with van der Waals surface area (Å²) in [6, 6.07) is 4.99. The number of carboxylic acids is 1. The largest absolute Gasteiger partial charge is 0.507 e. The van der Waals surface area contributed by atoms with Crippen molar-refractivity contribution in [2.75, 3.05) is 12.0 Å². The third-order valence-corrected chi connectivity index (χ3v) is 10.2. The zero-order valence-electron chi connectivity index (χ0n) is 19.6. The Labute approximate surface area is 230 Å². The summed E-state index contributed by atoms with van der Waals surface area (Å²) < 4.78 is 0. The van der Waals surface area contributed by atoms with Crippen molar-refractivity contribution < 1.29 is 34.2 Å². The first kappa shape index (κ1) is 26.2. The van der Waals surface area contributed by atoms with Gasteiger partial charge in [-0.2, -0.15) is 0 Å². The van der Waals surface area contributed by atoms with E-state index in [1.165, 1.54) is 0 Å². The van der Waals surface area contributed by atoms with Crippen molar-refractivity contribution in [1.82, 2.24) is 9.80 Å². The number of benzene rings is 1. The lowest BCUT2D eigenvalue weighted by atomic mass is 9.56. The molecular weight excluding hydrogens is 591 g/mol. The van der Waals surface area contributed by atoms with Crippen LogP contribution in [-0.4, -0.2) is 71.4 Å². The van der Waals surface area contributed by atoms with Crippen molar-refractivity contribution in [2.45, 2.75) is 41.9 Å². The average Bonchev–Trinajstić information content (AvgIpc) is 3.17. The quantitative estimate of drug-likeness (QED) is 0.226. The molecule has 1 aromatic carbocycles. The Kier molecular flexibility index (Phi) is 6.24. The summed E-state index contributed by atoms with van der Waals surface area (Å²) in [5.74, 6) is -7.10. The summed E-state index contributed by atoms with van der Waals surface area (Å²) in [4.78, 5) is 62.9. The van der Waals surface area contributed by atoms with E-state index in [-0.39, 0.29) is 37.0 Å². The van der Waals surface area contributed by atoms with Gasteiger partial charge in [-0.1, -0.05) is 45.8 Å². The molecule has 2 N–H and O–H groups in total. The van der Waals surface area contributed by atoms with Crippen LogP contribution in [0.2, 0.25) is 0 Å². The van der Waals surface area contributed by atoms with Crippen molar-refractivity contribution in [3.8, 4) is 5.75 Å². The highest BCUT2D eigenvalue weighted by Gasteiger charge is 2.76. The van der Waals surface area contributed by atoms with Crippen LogP contribution >= 0.6 is 39.1 Å². The lowest BCUT2D eigenvalue weighted by molar-refractivity contribution is -0.143. The average molecular weight is 614 g/mol. The van der Waals surface area contributed by atoms with E-state index in [4.69, 9.17) is 28.3 Å². The monoisotopic (exact) mass is 612 g/mol. The second kappa shape index (κ2) is 8.81. The fourth-order valence-corrected chi connectivity index (χ4v) is 7.92. The highest BCUT2D eigenvalue weighted by molar-refractivity contribution is 9.09. The molecule has 9 nitrogen and oxygen atoms in total. The van der Waals surface area contributed by atoms with Gasteiger partial charge in [0.1, 0.15) is 5.75 Å². The summed E-state index contributed by atoms with van der Waals surface area (Å²) in [5.41, 5.74) is 1.24. The number of amides is 4. The van der Waals surface area contributed by atoms with Crippen molar-refractivity contribution in [1.29, 1.82) is 0 Å². The van der Waals surface area contributed by atoms with Crippen LogP contribution in [-0.2, 0) is 24.0 Å². The molecule has 3 fully saturated rings. The molecule has 0 bridgehead atoms. The maximum absolute atomic E-state index is 13.7. The van der Waals surface area contributed by atoms with E-state index >= 15 is 0 Å². The molecule has 4 amide bonds.